The van der Waals surface area contributed by atoms with Crippen LogP contribution in [0.4, 0.5) is 5.69 Å². The lowest BCUT2D eigenvalue weighted by molar-refractivity contribution is -0.113. The van der Waals surface area contributed by atoms with E-state index in [9.17, 15) is 4.79 Å². The molecule has 1 aromatic heterocycles. The van der Waals surface area contributed by atoms with Gasteiger partial charge in [-0.2, -0.15) is 0 Å². The van der Waals surface area contributed by atoms with E-state index in [2.05, 4.69) is 41.5 Å². The van der Waals surface area contributed by atoms with Crippen molar-refractivity contribution >= 4 is 35.0 Å². The van der Waals surface area contributed by atoms with Gasteiger partial charge in [-0.05, 0) is 44.2 Å². The first-order valence-corrected chi connectivity index (χ1v) is 11.3. The second-order valence-electron chi connectivity index (χ2n) is 7.31. The van der Waals surface area contributed by atoms with Crippen LogP contribution in [0.1, 0.15) is 11.1 Å². The monoisotopic (exact) mass is 447 g/mol. The number of carbonyl (C=O) groups excluding carboxylic acids is 1. The Morgan fingerprint density at radius 2 is 1.68 bits per heavy atom. The van der Waals surface area contributed by atoms with Crippen molar-refractivity contribution in [2.45, 2.75) is 19.0 Å². The Morgan fingerprint density at radius 3 is 2.35 bits per heavy atom. The average molecular weight is 448 g/mol. The number of nitrogens with one attached hydrogen (secondary N) is 1. The minimum Gasteiger partial charge on any atom is -0.325 e. The van der Waals surface area contributed by atoms with Crippen molar-refractivity contribution in [3.05, 3.63) is 95.1 Å². The zero-order valence-corrected chi connectivity index (χ0v) is 18.9. The fourth-order valence-corrected chi connectivity index (χ4v) is 4.17. The van der Waals surface area contributed by atoms with E-state index in [1.807, 2.05) is 66.2 Å². The molecular formula is C25H22ClN3OS. The predicted octanol–water partition coefficient (Wildman–Crippen LogP) is 6.54. The van der Waals surface area contributed by atoms with E-state index in [0.717, 1.165) is 33.4 Å². The molecule has 156 valence electrons. The number of anilines is 1. The lowest BCUT2D eigenvalue weighted by Gasteiger charge is -2.13. The molecule has 0 saturated carbocycles. The summed E-state index contributed by atoms with van der Waals surface area (Å²) in [5.74, 6) is 0.171. The molecule has 0 fully saturated rings. The third-order valence-electron chi connectivity index (χ3n) is 4.81. The summed E-state index contributed by atoms with van der Waals surface area (Å²) in [5.41, 5.74) is 6.04. The molecule has 3 aromatic carbocycles. The Labute approximate surface area is 191 Å². The molecule has 0 bridgehead atoms. The van der Waals surface area contributed by atoms with Crippen molar-refractivity contribution in [2.75, 3.05) is 11.1 Å². The number of halogens is 1. The van der Waals surface area contributed by atoms with E-state index < -0.39 is 0 Å². The first-order chi connectivity index (χ1) is 15.0. The molecule has 0 aliphatic rings. The van der Waals surface area contributed by atoms with Crippen LogP contribution in [0, 0.1) is 13.8 Å². The van der Waals surface area contributed by atoms with Crippen LogP contribution >= 0.6 is 23.4 Å². The van der Waals surface area contributed by atoms with Crippen molar-refractivity contribution in [1.29, 1.82) is 0 Å². The minimum atomic E-state index is -0.0774. The zero-order chi connectivity index (χ0) is 21.8. The molecule has 1 heterocycles. The second kappa shape index (κ2) is 9.41. The lowest BCUT2D eigenvalue weighted by atomic mass is 10.1. The number of benzene rings is 3. The van der Waals surface area contributed by atoms with Crippen molar-refractivity contribution in [1.82, 2.24) is 9.55 Å². The SMILES string of the molecule is Cc1ccc(NC(=O)CSc2ncc(-c3ccc(C)cc3)n2-c2cccc(Cl)c2)cc1. The second-order valence-corrected chi connectivity index (χ2v) is 8.69. The van der Waals surface area contributed by atoms with Gasteiger partial charge < -0.3 is 5.32 Å². The molecule has 0 aliphatic carbocycles. The van der Waals surface area contributed by atoms with Gasteiger partial charge in [-0.3, -0.25) is 9.36 Å². The van der Waals surface area contributed by atoms with Crippen LogP contribution in [0.3, 0.4) is 0 Å². The molecule has 4 nitrogen and oxygen atoms in total. The number of hydrogen-bond acceptors (Lipinski definition) is 3. The maximum atomic E-state index is 12.5. The molecule has 0 aliphatic heterocycles. The van der Waals surface area contributed by atoms with Crippen LogP contribution in [0.2, 0.25) is 5.02 Å². The Kier molecular flexibility index (Phi) is 6.44. The molecule has 6 heteroatoms. The summed E-state index contributed by atoms with van der Waals surface area (Å²) in [5, 5.41) is 4.32. The summed E-state index contributed by atoms with van der Waals surface area (Å²) in [6, 6.07) is 23.7. The summed E-state index contributed by atoms with van der Waals surface area (Å²) in [4.78, 5) is 17.1. The number of imidazole rings is 1. The minimum absolute atomic E-state index is 0.0774. The smallest absolute Gasteiger partial charge is 0.234 e. The number of rotatable bonds is 6. The van der Waals surface area contributed by atoms with E-state index in [4.69, 9.17) is 11.6 Å². The number of carbonyl (C=O) groups is 1. The Morgan fingerprint density at radius 1 is 1.00 bits per heavy atom. The quantitative estimate of drug-likeness (QED) is 0.341. The number of aromatic nitrogens is 2. The third kappa shape index (κ3) is 5.19. The summed E-state index contributed by atoms with van der Waals surface area (Å²) >= 11 is 7.65. The highest BCUT2D eigenvalue weighted by Crippen LogP contribution is 2.31. The maximum absolute atomic E-state index is 12.5. The first-order valence-electron chi connectivity index (χ1n) is 9.89. The predicted molar refractivity (Wildman–Crippen MR) is 129 cm³/mol. The molecule has 31 heavy (non-hydrogen) atoms. The molecule has 4 rings (SSSR count). The highest BCUT2D eigenvalue weighted by Gasteiger charge is 2.16. The van der Waals surface area contributed by atoms with E-state index in [0.29, 0.717) is 5.02 Å². The van der Waals surface area contributed by atoms with E-state index in [1.165, 1.54) is 17.3 Å². The van der Waals surface area contributed by atoms with Gasteiger partial charge in [0.05, 0.1) is 17.6 Å². The van der Waals surface area contributed by atoms with Gasteiger partial charge in [0.1, 0.15) is 0 Å². The Bertz CT molecular complexity index is 1200. The zero-order valence-electron chi connectivity index (χ0n) is 17.3. The van der Waals surface area contributed by atoms with Crippen LogP contribution in [0.5, 0.6) is 0 Å². The average Bonchev–Trinajstić information content (AvgIpc) is 3.18. The lowest BCUT2D eigenvalue weighted by Crippen LogP contribution is -2.14. The van der Waals surface area contributed by atoms with E-state index in [-0.39, 0.29) is 11.7 Å². The number of amides is 1. The standard InChI is InChI=1S/C25H22ClN3OS/c1-17-6-10-19(11-7-17)23-15-27-25(29(23)22-5-3-4-20(26)14-22)31-16-24(30)28-21-12-8-18(2)9-13-21/h3-15H,16H2,1-2H3,(H,28,30). The van der Waals surface area contributed by atoms with Crippen molar-refractivity contribution in [3.63, 3.8) is 0 Å². The topological polar surface area (TPSA) is 46.9 Å². The normalized spacial score (nSPS) is 10.8. The molecule has 0 radical (unpaired) electrons. The molecule has 1 N–H and O–H groups in total. The fourth-order valence-electron chi connectivity index (χ4n) is 3.19. The van der Waals surface area contributed by atoms with Gasteiger partial charge in [0, 0.05) is 22.0 Å². The number of nitrogens with zero attached hydrogens (tertiary/aromatic N) is 2. The highest BCUT2D eigenvalue weighted by molar-refractivity contribution is 7.99. The summed E-state index contributed by atoms with van der Waals surface area (Å²) in [6.45, 7) is 4.08. The maximum Gasteiger partial charge on any atom is 0.234 e. The Balaban J connectivity index is 1.60. The number of aryl methyl sites for hydroxylation is 2. The van der Waals surface area contributed by atoms with Gasteiger partial charge >= 0.3 is 0 Å². The van der Waals surface area contributed by atoms with Gasteiger partial charge in [-0.1, -0.05) is 77.0 Å². The number of thioether (sulfide) groups is 1. The molecule has 0 saturated heterocycles. The van der Waals surface area contributed by atoms with Gasteiger partial charge in [-0.25, -0.2) is 4.98 Å². The first kappa shape index (κ1) is 21.2. The molecule has 0 spiro atoms. The van der Waals surface area contributed by atoms with Crippen LogP contribution in [0.15, 0.2) is 84.1 Å². The van der Waals surface area contributed by atoms with Gasteiger partial charge in [-0.15, -0.1) is 0 Å². The third-order valence-corrected chi connectivity index (χ3v) is 6.00. The van der Waals surface area contributed by atoms with Crippen molar-refractivity contribution in [2.24, 2.45) is 0 Å². The van der Waals surface area contributed by atoms with E-state index in [1.54, 1.807) is 0 Å². The van der Waals surface area contributed by atoms with Crippen LogP contribution in [0.25, 0.3) is 16.9 Å². The number of hydrogen-bond donors (Lipinski definition) is 1. The van der Waals surface area contributed by atoms with E-state index >= 15 is 0 Å². The van der Waals surface area contributed by atoms with Gasteiger partial charge in [0.2, 0.25) is 5.91 Å². The van der Waals surface area contributed by atoms with Crippen LogP contribution in [-0.4, -0.2) is 21.2 Å². The molecular weight excluding hydrogens is 426 g/mol. The highest BCUT2D eigenvalue weighted by atomic mass is 35.5. The van der Waals surface area contributed by atoms with Crippen molar-refractivity contribution < 1.29 is 4.79 Å². The fraction of sp³-hybridized carbons (Fsp3) is 0.120. The largest absolute Gasteiger partial charge is 0.325 e. The van der Waals surface area contributed by atoms with Crippen molar-refractivity contribution in [3.8, 4) is 16.9 Å². The van der Waals surface area contributed by atoms with Crippen LogP contribution in [-0.2, 0) is 4.79 Å². The molecule has 4 aromatic rings. The molecule has 0 unspecified atom stereocenters. The molecule has 0 atom stereocenters. The van der Waals surface area contributed by atoms with Gasteiger partial charge in [0.25, 0.3) is 0 Å². The summed E-state index contributed by atoms with van der Waals surface area (Å²) in [6.07, 6.45) is 1.84. The molecule has 1 amide bonds. The summed E-state index contributed by atoms with van der Waals surface area (Å²) in [7, 11) is 0. The van der Waals surface area contributed by atoms with Gasteiger partial charge in [0.15, 0.2) is 5.16 Å². The Hall–Kier alpha value is -3.02. The van der Waals surface area contributed by atoms with Crippen LogP contribution < -0.4 is 5.32 Å². The summed E-state index contributed by atoms with van der Waals surface area (Å²) < 4.78 is 2.04.